The maximum atomic E-state index is 11.9. The lowest BCUT2D eigenvalue weighted by molar-refractivity contribution is -0.140. The molecule has 0 aromatic heterocycles. The standard InChI is InChI=1S/C13H17ClO3S/c1-17-13(15)5-3-2-4-10-18(16)12-8-6-11(14)7-9-12/h6-9H,2-5,10H2,1H3. The van der Waals surface area contributed by atoms with E-state index in [0.29, 0.717) is 17.2 Å². The minimum absolute atomic E-state index is 0.186. The van der Waals surface area contributed by atoms with Gasteiger partial charge in [0, 0.05) is 22.1 Å². The minimum Gasteiger partial charge on any atom is -0.469 e. The van der Waals surface area contributed by atoms with Crippen LogP contribution in [0.25, 0.3) is 0 Å². The van der Waals surface area contributed by atoms with Gasteiger partial charge in [-0.25, -0.2) is 0 Å². The van der Waals surface area contributed by atoms with Gasteiger partial charge in [0.25, 0.3) is 0 Å². The summed E-state index contributed by atoms with van der Waals surface area (Å²) in [6.45, 7) is 0. The van der Waals surface area contributed by atoms with Crippen molar-refractivity contribution in [3.05, 3.63) is 29.3 Å². The summed E-state index contributed by atoms with van der Waals surface area (Å²) in [7, 11) is 0.404. The Kier molecular flexibility index (Phi) is 6.98. The van der Waals surface area contributed by atoms with Crippen molar-refractivity contribution >= 4 is 28.4 Å². The zero-order valence-electron chi connectivity index (χ0n) is 10.4. The Morgan fingerprint density at radius 1 is 1.22 bits per heavy atom. The third kappa shape index (κ3) is 5.65. The summed E-state index contributed by atoms with van der Waals surface area (Å²) in [6.07, 6.45) is 2.94. The molecule has 0 fully saturated rings. The Morgan fingerprint density at radius 2 is 1.89 bits per heavy atom. The maximum absolute atomic E-state index is 11.9. The largest absolute Gasteiger partial charge is 0.469 e. The molecule has 0 saturated heterocycles. The van der Waals surface area contributed by atoms with Crippen molar-refractivity contribution in [1.82, 2.24) is 0 Å². The first-order valence-electron chi connectivity index (χ1n) is 5.84. The van der Waals surface area contributed by atoms with Gasteiger partial charge in [0.05, 0.1) is 17.9 Å². The quantitative estimate of drug-likeness (QED) is 0.572. The Balaban J connectivity index is 2.21. The zero-order valence-corrected chi connectivity index (χ0v) is 11.9. The number of hydrogen-bond donors (Lipinski definition) is 0. The van der Waals surface area contributed by atoms with Gasteiger partial charge in [0.1, 0.15) is 0 Å². The lowest BCUT2D eigenvalue weighted by Crippen LogP contribution is -2.01. The second-order valence-corrected chi connectivity index (χ2v) is 5.90. The minimum atomic E-state index is -0.982. The van der Waals surface area contributed by atoms with Gasteiger partial charge in [-0.1, -0.05) is 18.0 Å². The molecule has 0 aliphatic rings. The molecule has 5 heteroatoms. The molecule has 100 valence electrons. The van der Waals surface area contributed by atoms with Crippen molar-refractivity contribution in [2.24, 2.45) is 0 Å². The molecule has 0 N–H and O–H groups in total. The Bertz CT molecular complexity index is 403. The molecule has 1 atom stereocenters. The average molecular weight is 289 g/mol. The molecule has 0 saturated carbocycles. The van der Waals surface area contributed by atoms with Crippen LogP contribution in [0.4, 0.5) is 0 Å². The highest BCUT2D eigenvalue weighted by Gasteiger charge is 2.04. The van der Waals surface area contributed by atoms with E-state index >= 15 is 0 Å². The number of ether oxygens (including phenoxy) is 1. The molecule has 1 aromatic rings. The first-order valence-corrected chi connectivity index (χ1v) is 7.54. The van der Waals surface area contributed by atoms with E-state index in [2.05, 4.69) is 4.74 Å². The SMILES string of the molecule is COC(=O)CCCCCS(=O)c1ccc(Cl)cc1. The van der Waals surface area contributed by atoms with Crippen molar-refractivity contribution in [2.45, 2.75) is 30.6 Å². The summed E-state index contributed by atoms with van der Waals surface area (Å²) in [6, 6.07) is 7.05. The van der Waals surface area contributed by atoms with Crippen LogP contribution in [-0.4, -0.2) is 23.0 Å². The average Bonchev–Trinajstić information content (AvgIpc) is 2.38. The van der Waals surface area contributed by atoms with Crippen LogP contribution in [0.3, 0.4) is 0 Å². The molecule has 1 unspecified atom stereocenters. The van der Waals surface area contributed by atoms with E-state index in [0.717, 1.165) is 24.2 Å². The van der Waals surface area contributed by atoms with E-state index in [4.69, 9.17) is 11.6 Å². The molecule has 0 bridgehead atoms. The highest BCUT2D eigenvalue weighted by atomic mass is 35.5. The molecule has 0 amide bonds. The number of carbonyl (C=O) groups excluding carboxylic acids is 1. The van der Waals surface area contributed by atoms with Gasteiger partial charge >= 0.3 is 5.97 Å². The summed E-state index contributed by atoms with van der Waals surface area (Å²) in [5.41, 5.74) is 0. The molecule has 18 heavy (non-hydrogen) atoms. The van der Waals surface area contributed by atoms with E-state index in [1.807, 2.05) is 0 Å². The molecule has 0 radical (unpaired) electrons. The number of carbonyl (C=O) groups is 1. The molecule has 0 heterocycles. The first-order chi connectivity index (χ1) is 8.63. The fourth-order valence-electron chi connectivity index (χ4n) is 1.49. The summed E-state index contributed by atoms with van der Waals surface area (Å²) >= 11 is 5.76. The van der Waals surface area contributed by atoms with Crippen LogP contribution in [0, 0.1) is 0 Å². The molecular weight excluding hydrogens is 272 g/mol. The van der Waals surface area contributed by atoms with Crippen molar-refractivity contribution in [2.75, 3.05) is 12.9 Å². The third-order valence-corrected chi connectivity index (χ3v) is 4.22. The normalized spacial score (nSPS) is 12.1. The van der Waals surface area contributed by atoms with Gasteiger partial charge in [-0.3, -0.25) is 9.00 Å². The van der Waals surface area contributed by atoms with Crippen molar-refractivity contribution in [3.8, 4) is 0 Å². The van der Waals surface area contributed by atoms with E-state index in [-0.39, 0.29) is 5.97 Å². The predicted octanol–water partition coefficient (Wildman–Crippen LogP) is 3.18. The van der Waals surface area contributed by atoms with Gasteiger partial charge in [-0.15, -0.1) is 0 Å². The highest BCUT2D eigenvalue weighted by Crippen LogP contribution is 2.14. The van der Waals surface area contributed by atoms with Crippen LogP contribution in [0.2, 0.25) is 5.02 Å². The topological polar surface area (TPSA) is 43.4 Å². The number of esters is 1. The number of halogens is 1. The Hall–Kier alpha value is -0.870. The number of hydrogen-bond acceptors (Lipinski definition) is 3. The van der Waals surface area contributed by atoms with E-state index < -0.39 is 10.8 Å². The smallest absolute Gasteiger partial charge is 0.305 e. The van der Waals surface area contributed by atoms with Crippen LogP contribution in [0.1, 0.15) is 25.7 Å². The van der Waals surface area contributed by atoms with Gasteiger partial charge in [-0.2, -0.15) is 0 Å². The number of rotatable bonds is 7. The maximum Gasteiger partial charge on any atom is 0.305 e. The summed E-state index contributed by atoms with van der Waals surface area (Å²) in [5, 5.41) is 0.647. The fourth-order valence-corrected chi connectivity index (χ4v) is 2.75. The molecule has 0 aliphatic carbocycles. The van der Waals surface area contributed by atoms with Crippen molar-refractivity contribution in [1.29, 1.82) is 0 Å². The number of unbranched alkanes of at least 4 members (excludes halogenated alkanes) is 2. The third-order valence-electron chi connectivity index (χ3n) is 2.51. The number of methoxy groups -OCH3 is 1. The molecular formula is C13H17ClO3S. The van der Waals surface area contributed by atoms with Crippen LogP contribution in [0.15, 0.2) is 29.2 Å². The predicted molar refractivity (Wildman–Crippen MR) is 73.2 cm³/mol. The fraction of sp³-hybridized carbons (Fsp3) is 0.462. The zero-order chi connectivity index (χ0) is 13.4. The number of benzene rings is 1. The van der Waals surface area contributed by atoms with Crippen LogP contribution in [0.5, 0.6) is 0 Å². The Labute approximate surface area is 115 Å². The Morgan fingerprint density at radius 3 is 2.50 bits per heavy atom. The molecule has 0 spiro atoms. The lowest BCUT2D eigenvalue weighted by Gasteiger charge is -2.02. The van der Waals surface area contributed by atoms with Gasteiger partial charge in [0.15, 0.2) is 0 Å². The monoisotopic (exact) mass is 288 g/mol. The van der Waals surface area contributed by atoms with Crippen LogP contribution < -0.4 is 0 Å². The van der Waals surface area contributed by atoms with E-state index in [1.54, 1.807) is 24.3 Å². The molecule has 0 aliphatic heterocycles. The highest BCUT2D eigenvalue weighted by molar-refractivity contribution is 7.85. The molecule has 3 nitrogen and oxygen atoms in total. The summed E-state index contributed by atoms with van der Waals surface area (Å²) < 4.78 is 16.4. The molecule has 1 aromatic carbocycles. The summed E-state index contributed by atoms with van der Waals surface area (Å²) in [4.78, 5) is 11.7. The van der Waals surface area contributed by atoms with Crippen LogP contribution in [-0.2, 0) is 20.3 Å². The lowest BCUT2D eigenvalue weighted by atomic mass is 10.2. The van der Waals surface area contributed by atoms with E-state index in [9.17, 15) is 9.00 Å². The summed E-state index contributed by atoms with van der Waals surface area (Å²) in [5.74, 6) is 0.428. The first kappa shape index (κ1) is 15.2. The van der Waals surface area contributed by atoms with Crippen molar-refractivity contribution in [3.63, 3.8) is 0 Å². The van der Waals surface area contributed by atoms with Gasteiger partial charge < -0.3 is 4.74 Å². The van der Waals surface area contributed by atoms with Crippen molar-refractivity contribution < 1.29 is 13.7 Å². The van der Waals surface area contributed by atoms with Gasteiger partial charge in [0.2, 0.25) is 0 Å². The molecule has 1 rings (SSSR count). The second kappa shape index (κ2) is 8.27. The van der Waals surface area contributed by atoms with Crippen LogP contribution >= 0.6 is 11.6 Å². The van der Waals surface area contributed by atoms with Gasteiger partial charge in [-0.05, 0) is 37.1 Å². The second-order valence-electron chi connectivity index (χ2n) is 3.89. The van der Waals surface area contributed by atoms with E-state index in [1.165, 1.54) is 7.11 Å².